The van der Waals surface area contributed by atoms with Crippen LogP contribution in [0, 0.1) is 15.9 Å². The number of amides is 1. The summed E-state index contributed by atoms with van der Waals surface area (Å²) in [5, 5.41) is 13.0. The van der Waals surface area contributed by atoms with Crippen molar-refractivity contribution in [1.29, 1.82) is 0 Å². The van der Waals surface area contributed by atoms with Gasteiger partial charge in [-0.05, 0) is 29.8 Å². The summed E-state index contributed by atoms with van der Waals surface area (Å²) in [6.45, 7) is -0.493. The van der Waals surface area contributed by atoms with Crippen LogP contribution < -0.4 is 10.0 Å². The van der Waals surface area contributed by atoms with E-state index in [1.54, 1.807) is 0 Å². The number of carbonyl (C=O) groups excluding carboxylic acids is 1. The van der Waals surface area contributed by atoms with E-state index in [4.69, 9.17) is 0 Å². The molecule has 0 fully saturated rings. The average Bonchev–Trinajstić information content (AvgIpc) is 2.55. The van der Waals surface area contributed by atoms with E-state index in [0.29, 0.717) is 11.3 Å². The molecule has 0 spiro atoms. The molecule has 2 N–H and O–H groups in total. The zero-order valence-corrected chi connectivity index (χ0v) is 13.6. The third-order valence-corrected chi connectivity index (χ3v) is 4.38. The van der Waals surface area contributed by atoms with Gasteiger partial charge in [0.25, 0.3) is 5.69 Å². The highest BCUT2D eigenvalue weighted by molar-refractivity contribution is 7.88. The first kappa shape index (κ1) is 18.5. The van der Waals surface area contributed by atoms with E-state index in [-0.39, 0.29) is 5.69 Å². The van der Waals surface area contributed by atoms with Gasteiger partial charge in [0.15, 0.2) is 0 Å². The van der Waals surface area contributed by atoms with E-state index >= 15 is 0 Å². The smallest absolute Gasteiger partial charge is 0.269 e. The summed E-state index contributed by atoms with van der Waals surface area (Å²) in [4.78, 5) is 21.7. The number of hydrogen-bond donors (Lipinski definition) is 2. The van der Waals surface area contributed by atoms with E-state index in [9.17, 15) is 27.7 Å². The number of sulfonamides is 1. The fourth-order valence-corrected chi connectivity index (χ4v) is 2.98. The lowest BCUT2D eigenvalue weighted by Gasteiger charge is -2.08. The van der Waals surface area contributed by atoms with E-state index < -0.39 is 39.0 Å². The number of hydrogen-bond acceptors (Lipinski definition) is 5. The normalized spacial score (nSPS) is 11.1. The highest BCUT2D eigenvalue weighted by Crippen LogP contribution is 2.13. The van der Waals surface area contributed by atoms with E-state index in [1.807, 2.05) is 0 Å². The standard InChI is InChI=1S/C15H14FN3O5S/c16-12-3-5-13(6-4-12)18-15(20)9-17-25(23,24)10-11-1-7-14(8-2-11)19(21)22/h1-8,17H,9-10H2,(H,18,20). The van der Waals surface area contributed by atoms with Crippen LogP contribution in [-0.4, -0.2) is 25.8 Å². The Morgan fingerprint density at radius 2 is 1.68 bits per heavy atom. The van der Waals surface area contributed by atoms with E-state index in [2.05, 4.69) is 10.0 Å². The SMILES string of the molecule is O=C(CNS(=O)(=O)Cc1ccc([N+](=O)[O-])cc1)Nc1ccc(F)cc1. The van der Waals surface area contributed by atoms with Crippen molar-refractivity contribution in [3.8, 4) is 0 Å². The van der Waals surface area contributed by atoms with Crippen molar-refractivity contribution >= 4 is 27.3 Å². The first-order valence-corrected chi connectivity index (χ1v) is 8.66. The van der Waals surface area contributed by atoms with Crippen LogP contribution in [0.4, 0.5) is 15.8 Å². The maximum Gasteiger partial charge on any atom is 0.269 e. The first-order valence-electron chi connectivity index (χ1n) is 7.01. The van der Waals surface area contributed by atoms with Gasteiger partial charge in [-0.25, -0.2) is 17.5 Å². The van der Waals surface area contributed by atoms with Crippen LogP contribution in [0.5, 0.6) is 0 Å². The topological polar surface area (TPSA) is 118 Å². The van der Waals surface area contributed by atoms with Crippen LogP contribution in [0.25, 0.3) is 0 Å². The molecule has 2 aromatic rings. The summed E-state index contributed by atoms with van der Waals surface area (Å²) in [5.41, 5.74) is 0.533. The predicted molar refractivity (Wildman–Crippen MR) is 88.8 cm³/mol. The molecule has 0 aliphatic heterocycles. The minimum absolute atomic E-state index is 0.146. The number of nitrogens with zero attached hydrogens (tertiary/aromatic N) is 1. The molecule has 25 heavy (non-hydrogen) atoms. The van der Waals surface area contributed by atoms with Gasteiger partial charge < -0.3 is 5.32 Å². The molecule has 0 saturated heterocycles. The van der Waals surface area contributed by atoms with Gasteiger partial charge in [-0.15, -0.1) is 0 Å². The Balaban J connectivity index is 1.88. The molecule has 0 aliphatic carbocycles. The maximum atomic E-state index is 12.8. The predicted octanol–water partition coefficient (Wildman–Crippen LogP) is 1.79. The highest BCUT2D eigenvalue weighted by atomic mass is 32.2. The minimum Gasteiger partial charge on any atom is -0.325 e. The second kappa shape index (κ2) is 7.81. The van der Waals surface area contributed by atoms with Gasteiger partial charge in [-0.3, -0.25) is 14.9 Å². The summed E-state index contributed by atoms with van der Waals surface area (Å²) in [5.74, 6) is -1.49. The molecule has 0 saturated carbocycles. The lowest BCUT2D eigenvalue weighted by molar-refractivity contribution is -0.384. The van der Waals surface area contributed by atoms with Crippen LogP contribution in [0.3, 0.4) is 0 Å². The van der Waals surface area contributed by atoms with Crippen LogP contribution in [0.15, 0.2) is 48.5 Å². The zero-order chi connectivity index (χ0) is 18.4. The third-order valence-electron chi connectivity index (χ3n) is 3.08. The molecule has 0 aromatic heterocycles. The zero-order valence-electron chi connectivity index (χ0n) is 12.8. The molecule has 0 heterocycles. The number of halogens is 1. The number of rotatable bonds is 7. The summed E-state index contributed by atoms with van der Waals surface area (Å²) in [6, 6.07) is 10.1. The quantitative estimate of drug-likeness (QED) is 0.571. The van der Waals surface area contributed by atoms with Gasteiger partial charge in [-0.2, -0.15) is 0 Å². The van der Waals surface area contributed by atoms with Gasteiger partial charge >= 0.3 is 0 Å². The molecule has 0 aliphatic rings. The lowest BCUT2D eigenvalue weighted by atomic mass is 10.2. The molecule has 10 heteroatoms. The van der Waals surface area contributed by atoms with Gasteiger partial charge in [0, 0.05) is 17.8 Å². The molecule has 0 bridgehead atoms. The largest absolute Gasteiger partial charge is 0.325 e. The van der Waals surface area contributed by atoms with Crippen molar-refractivity contribution in [3.05, 3.63) is 70.0 Å². The number of nitrogens with one attached hydrogen (secondary N) is 2. The van der Waals surface area contributed by atoms with Gasteiger partial charge in [0.1, 0.15) is 5.82 Å². The first-order chi connectivity index (χ1) is 11.7. The van der Waals surface area contributed by atoms with Crippen molar-refractivity contribution < 1.29 is 22.5 Å². The molecule has 2 rings (SSSR count). The molecule has 0 unspecified atom stereocenters. The van der Waals surface area contributed by atoms with Crippen LogP contribution in [-0.2, 0) is 20.6 Å². The summed E-state index contributed by atoms with van der Waals surface area (Å²) in [6.07, 6.45) is 0. The Bertz CT molecular complexity index is 867. The monoisotopic (exact) mass is 367 g/mol. The number of carbonyl (C=O) groups is 1. The molecule has 0 radical (unpaired) electrons. The molecule has 132 valence electrons. The van der Waals surface area contributed by atoms with E-state index in [1.165, 1.54) is 36.4 Å². The average molecular weight is 367 g/mol. The summed E-state index contributed by atoms with van der Waals surface area (Å²) >= 11 is 0. The Labute approximate surface area is 142 Å². The van der Waals surface area contributed by atoms with E-state index in [0.717, 1.165) is 12.1 Å². The maximum absolute atomic E-state index is 12.8. The molecule has 0 atom stereocenters. The minimum atomic E-state index is -3.80. The van der Waals surface area contributed by atoms with Crippen LogP contribution in [0.1, 0.15) is 5.56 Å². The molecular formula is C15H14FN3O5S. The highest BCUT2D eigenvalue weighted by Gasteiger charge is 2.14. The molecule has 1 amide bonds. The second-order valence-electron chi connectivity index (χ2n) is 5.06. The Hall–Kier alpha value is -2.85. The Kier molecular flexibility index (Phi) is 5.78. The van der Waals surface area contributed by atoms with Crippen molar-refractivity contribution in [1.82, 2.24) is 4.72 Å². The number of anilines is 1. The number of benzene rings is 2. The van der Waals surface area contributed by atoms with Crippen molar-refractivity contribution in [2.45, 2.75) is 5.75 Å². The summed E-state index contributed by atoms with van der Waals surface area (Å²) in [7, 11) is -3.80. The van der Waals surface area contributed by atoms with Crippen LogP contribution >= 0.6 is 0 Å². The molecule has 8 nitrogen and oxygen atoms in total. The fourth-order valence-electron chi connectivity index (χ4n) is 1.90. The second-order valence-corrected chi connectivity index (χ2v) is 6.87. The van der Waals surface area contributed by atoms with Gasteiger partial charge in [0.2, 0.25) is 15.9 Å². The number of nitro groups is 1. The summed E-state index contributed by atoms with van der Waals surface area (Å²) < 4.78 is 38.8. The Morgan fingerprint density at radius 3 is 2.24 bits per heavy atom. The number of non-ortho nitro benzene ring substituents is 1. The van der Waals surface area contributed by atoms with Crippen molar-refractivity contribution in [3.63, 3.8) is 0 Å². The Morgan fingerprint density at radius 1 is 1.08 bits per heavy atom. The van der Waals surface area contributed by atoms with Crippen LogP contribution in [0.2, 0.25) is 0 Å². The van der Waals surface area contributed by atoms with Crippen molar-refractivity contribution in [2.75, 3.05) is 11.9 Å². The lowest BCUT2D eigenvalue weighted by Crippen LogP contribution is -2.33. The number of nitro benzene ring substituents is 1. The molecular weight excluding hydrogens is 353 g/mol. The van der Waals surface area contributed by atoms with Crippen molar-refractivity contribution in [2.24, 2.45) is 0 Å². The molecule has 2 aromatic carbocycles. The van der Waals surface area contributed by atoms with Gasteiger partial charge in [-0.1, -0.05) is 12.1 Å². The van der Waals surface area contributed by atoms with Gasteiger partial charge in [0.05, 0.1) is 17.2 Å². The fraction of sp³-hybridized carbons (Fsp3) is 0.133. The third kappa shape index (κ3) is 5.94.